The summed E-state index contributed by atoms with van der Waals surface area (Å²) in [5.41, 5.74) is 1.42. The van der Waals surface area contributed by atoms with E-state index in [-0.39, 0.29) is 11.8 Å². The summed E-state index contributed by atoms with van der Waals surface area (Å²) in [5, 5.41) is 6.92. The Kier molecular flexibility index (Phi) is 3.25. The van der Waals surface area contributed by atoms with Crippen LogP contribution in [0.15, 0.2) is 47.5 Å². The molecule has 17 heavy (non-hydrogen) atoms. The first kappa shape index (κ1) is 11.4. The average molecular weight is 249 g/mol. The van der Waals surface area contributed by atoms with Crippen molar-refractivity contribution >= 4 is 23.4 Å². The highest BCUT2D eigenvalue weighted by Crippen LogP contribution is 2.24. The van der Waals surface area contributed by atoms with Crippen molar-refractivity contribution in [2.24, 2.45) is 0 Å². The van der Waals surface area contributed by atoms with Crippen LogP contribution >= 0.6 is 11.6 Å². The molecule has 86 valence electrons. The molecule has 1 heterocycles. The molecule has 0 unspecified atom stereocenters. The third-order valence-corrected chi connectivity index (χ3v) is 2.30. The molecule has 0 saturated heterocycles. The molecule has 2 rings (SSSR count). The fraction of sp³-hybridized carbons (Fsp3) is 0. The van der Waals surface area contributed by atoms with Gasteiger partial charge >= 0.3 is 0 Å². The molecular formula is C12H9ClN2O2. The van der Waals surface area contributed by atoms with Crippen molar-refractivity contribution in [1.29, 1.82) is 0 Å². The Labute approximate surface area is 103 Å². The number of halogens is 1. The molecule has 1 aromatic carbocycles. The predicted molar refractivity (Wildman–Crippen MR) is 65.8 cm³/mol. The zero-order valence-electron chi connectivity index (χ0n) is 8.81. The van der Waals surface area contributed by atoms with Crippen LogP contribution in [0.25, 0.3) is 11.3 Å². The van der Waals surface area contributed by atoms with Gasteiger partial charge in [0.1, 0.15) is 5.69 Å². The highest BCUT2D eigenvalue weighted by molar-refractivity contribution is 6.30. The molecule has 5 heteroatoms. The number of amides is 1. The minimum absolute atomic E-state index is 0.268. The second kappa shape index (κ2) is 4.84. The molecule has 1 amide bonds. The van der Waals surface area contributed by atoms with E-state index in [4.69, 9.17) is 16.1 Å². The van der Waals surface area contributed by atoms with Gasteiger partial charge in [-0.1, -0.05) is 35.5 Å². The molecule has 0 saturated carbocycles. The lowest BCUT2D eigenvalue weighted by molar-refractivity contribution is -0.112. The van der Waals surface area contributed by atoms with Gasteiger partial charge in [0.2, 0.25) is 11.8 Å². The highest BCUT2D eigenvalue weighted by Gasteiger charge is 2.07. The number of hydrogen-bond donors (Lipinski definition) is 1. The Morgan fingerprint density at radius 1 is 1.47 bits per heavy atom. The number of carbonyl (C=O) groups is 1. The summed E-state index contributed by atoms with van der Waals surface area (Å²) >= 11 is 5.87. The van der Waals surface area contributed by atoms with Crippen LogP contribution in [0.5, 0.6) is 0 Å². The van der Waals surface area contributed by atoms with E-state index in [1.54, 1.807) is 18.2 Å². The van der Waals surface area contributed by atoms with E-state index in [1.807, 2.05) is 12.1 Å². The molecule has 0 bridgehead atoms. The van der Waals surface area contributed by atoms with Gasteiger partial charge < -0.3 is 4.52 Å². The van der Waals surface area contributed by atoms with Crippen LogP contribution in [0.2, 0.25) is 5.02 Å². The first-order chi connectivity index (χ1) is 8.19. The van der Waals surface area contributed by atoms with Crippen LogP contribution in [-0.2, 0) is 4.79 Å². The molecule has 0 aliphatic rings. The first-order valence-corrected chi connectivity index (χ1v) is 5.23. The summed E-state index contributed by atoms with van der Waals surface area (Å²) in [6.45, 7) is 3.34. The summed E-state index contributed by atoms with van der Waals surface area (Å²) in [6.07, 6.45) is 1.15. The van der Waals surface area contributed by atoms with Crippen molar-refractivity contribution < 1.29 is 9.32 Å². The lowest BCUT2D eigenvalue weighted by Crippen LogP contribution is -2.05. The number of hydrogen-bond acceptors (Lipinski definition) is 3. The maximum absolute atomic E-state index is 11.0. The molecule has 2 aromatic rings. The van der Waals surface area contributed by atoms with Gasteiger partial charge in [0.15, 0.2) is 0 Å². The van der Waals surface area contributed by atoms with Gasteiger partial charge in [-0.25, -0.2) is 0 Å². The predicted octanol–water partition coefficient (Wildman–Crippen LogP) is 3.12. The van der Waals surface area contributed by atoms with Crippen molar-refractivity contribution in [2.45, 2.75) is 0 Å². The van der Waals surface area contributed by atoms with Gasteiger partial charge in [0.25, 0.3) is 0 Å². The zero-order valence-corrected chi connectivity index (χ0v) is 9.57. The van der Waals surface area contributed by atoms with Crippen LogP contribution in [0, 0.1) is 0 Å². The number of benzene rings is 1. The zero-order chi connectivity index (χ0) is 12.3. The SMILES string of the molecule is C=CC(=O)Nc1cc(-c2cccc(Cl)c2)no1. The van der Waals surface area contributed by atoms with E-state index in [1.165, 1.54) is 0 Å². The Bertz CT molecular complexity index is 563. The number of nitrogens with zero attached hydrogens (tertiary/aromatic N) is 1. The topological polar surface area (TPSA) is 55.1 Å². The third kappa shape index (κ3) is 2.73. The van der Waals surface area contributed by atoms with Crippen molar-refractivity contribution in [3.63, 3.8) is 0 Å². The lowest BCUT2D eigenvalue weighted by atomic mass is 10.1. The van der Waals surface area contributed by atoms with E-state index < -0.39 is 0 Å². The van der Waals surface area contributed by atoms with Crippen molar-refractivity contribution in [3.8, 4) is 11.3 Å². The lowest BCUT2D eigenvalue weighted by Gasteiger charge is -1.94. The third-order valence-electron chi connectivity index (χ3n) is 2.06. The molecule has 0 fully saturated rings. The fourth-order valence-electron chi connectivity index (χ4n) is 1.29. The molecule has 0 aliphatic carbocycles. The molecular weight excluding hydrogens is 240 g/mol. The standard InChI is InChI=1S/C12H9ClN2O2/c1-2-11(16)14-12-7-10(15-17-12)8-4-3-5-9(13)6-8/h2-7H,1H2,(H,14,16). The largest absolute Gasteiger partial charge is 0.338 e. The summed E-state index contributed by atoms with van der Waals surface area (Å²) < 4.78 is 4.96. The molecule has 0 spiro atoms. The van der Waals surface area contributed by atoms with Gasteiger partial charge in [0, 0.05) is 16.7 Å². The van der Waals surface area contributed by atoms with Crippen molar-refractivity contribution in [2.75, 3.05) is 5.32 Å². The van der Waals surface area contributed by atoms with Crippen LogP contribution < -0.4 is 5.32 Å². The van der Waals surface area contributed by atoms with E-state index in [2.05, 4.69) is 17.1 Å². The Balaban J connectivity index is 2.23. The van der Waals surface area contributed by atoms with E-state index in [9.17, 15) is 4.79 Å². The van der Waals surface area contributed by atoms with Gasteiger partial charge in [-0.05, 0) is 18.2 Å². The monoisotopic (exact) mass is 248 g/mol. The summed E-state index contributed by atoms with van der Waals surface area (Å²) in [4.78, 5) is 11.0. The summed E-state index contributed by atoms with van der Waals surface area (Å²) in [7, 11) is 0. The van der Waals surface area contributed by atoms with Crippen LogP contribution in [0.3, 0.4) is 0 Å². The van der Waals surface area contributed by atoms with Gasteiger partial charge in [-0.2, -0.15) is 0 Å². The minimum atomic E-state index is -0.348. The van der Waals surface area contributed by atoms with E-state index >= 15 is 0 Å². The molecule has 0 atom stereocenters. The van der Waals surface area contributed by atoms with Crippen molar-refractivity contribution in [1.82, 2.24) is 5.16 Å². The Hall–Kier alpha value is -2.07. The van der Waals surface area contributed by atoms with Crippen LogP contribution in [0.1, 0.15) is 0 Å². The number of aromatic nitrogens is 1. The van der Waals surface area contributed by atoms with Gasteiger partial charge in [-0.3, -0.25) is 10.1 Å². The molecule has 0 radical (unpaired) electrons. The summed E-state index contributed by atoms with van der Waals surface area (Å²) in [6, 6.07) is 8.81. The molecule has 4 nitrogen and oxygen atoms in total. The number of rotatable bonds is 3. The second-order valence-electron chi connectivity index (χ2n) is 3.28. The normalized spacial score (nSPS) is 9.94. The number of carbonyl (C=O) groups excluding carboxylic acids is 1. The maximum Gasteiger partial charge on any atom is 0.250 e. The van der Waals surface area contributed by atoms with E-state index in [0.29, 0.717) is 10.7 Å². The van der Waals surface area contributed by atoms with Crippen LogP contribution in [-0.4, -0.2) is 11.1 Å². The number of nitrogens with one attached hydrogen (secondary N) is 1. The molecule has 0 aliphatic heterocycles. The quantitative estimate of drug-likeness (QED) is 0.849. The second-order valence-corrected chi connectivity index (χ2v) is 3.72. The smallest absolute Gasteiger partial charge is 0.250 e. The molecule has 1 N–H and O–H groups in total. The van der Waals surface area contributed by atoms with Crippen LogP contribution in [0.4, 0.5) is 5.88 Å². The fourth-order valence-corrected chi connectivity index (χ4v) is 1.48. The average Bonchev–Trinajstić information content (AvgIpc) is 2.77. The first-order valence-electron chi connectivity index (χ1n) is 4.85. The van der Waals surface area contributed by atoms with Gasteiger partial charge in [-0.15, -0.1) is 0 Å². The van der Waals surface area contributed by atoms with Crippen molar-refractivity contribution in [3.05, 3.63) is 48.0 Å². The summed E-state index contributed by atoms with van der Waals surface area (Å²) in [5.74, 6) is -0.0799. The molecule has 1 aromatic heterocycles. The van der Waals surface area contributed by atoms with E-state index in [0.717, 1.165) is 11.6 Å². The maximum atomic E-state index is 11.0. The Morgan fingerprint density at radius 3 is 3.00 bits per heavy atom. The Morgan fingerprint density at radius 2 is 2.29 bits per heavy atom. The van der Waals surface area contributed by atoms with Gasteiger partial charge in [0.05, 0.1) is 0 Å². The highest BCUT2D eigenvalue weighted by atomic mass is 35.5. The minimum Gasteiger partial charge on any atom is -0.338 e. The number of anilines is 1.